The van der Waals surface area contributed by atoms with Crippen molar-refractivity contribution in [3.63, 3.8) is 0 Å². The van der Waals surface area contributed by atoms with Crippen molar-refractivity contribution in [1.29, 1.82) is 0 Å². The highest BCUT2D eigenvalue weighted by Gasteiger charge is 2.26. The topological polar surface area (TPSA) is 58.6 Å². The van der Waals surface area contributed by atoms with Gasteiger partial charge >= 0.3 is 5.97 Å². The molecule has 0 saturated carbocycles. The molecule has 0 spiro atoms. The van der Waals surface area contributed by atoms with Gasteiger partial charge in [-0.05, 0) is 44.5 Å². The van der Waals surface area contributed by atoms with E-state index in [1.165, 1.54) is 0 Å². The molecule has 4 heteroatoms. The number of aryl methyl sites for hydroxylation is 1. The van der Waals surface area contributed by atoms with Crippen molar-refractivity contribution >= 4 is 11.7 Å². The highest BCUT2D eigenvalue weighted by molar-refractivity contribution is 5.81. The zero-order valence-corrected chi connectivity index (χ0v) is 10.00. The summed E-state index contributed by atoms with van der Waals surface area (Å²) < 4.78 is 5.13. The molecule has 0 aromatic heterocycles. The maximum atomic E-state index is 10.9. The number of benzene rings is 1. The van der Waals surface area contributed by atoms with Crippen LogP contribution in [0.3, 0.4) is 0 Å². The predicted octanol–water partition coefficient (Wildman–Crippen LogP) is 2.28. The molecule has 0 radical (unpaired) electrons. The number of methoxy groups -OCH3 is 1. The third-order valence-electron chi connectivity index (χ3n) is 2.39. The molecule has 16 heavy (non-hydrogen) atoms. The Kier molecular flexibility index (Phi) is 3.42. The van der Waals surface area contributed by atoms with Crippen LogP contribution in [-0.4, -0.2) is 23.7 Å². The molecule has 0 aliphatic carbocycles. The van der Waals surface area contributed by atoms with Gasteiger partial charge < -0.3 is 15.2 Å². The van der Waals surface area contributed by atoms with Crippen molar-refractivity contribution in [2.75, 3.05) is 12.4 Å². The first-order chi connectivity index (χ1) is 7.36. The van der Waals surface area contributed by atoms with Crippen molar-refractivity contribution in [2.45, 2.75) is 26.3 Å². The number of carboxylic acids is 1. The van der Waals surface area contributed by atoms with Crippen LogP contribution in [0.5, 0.6) is 5.75 Å². The average molecular weight is 223 g/mol. The zero-order valence-electron chi connectivity index (χ0n) is 10.00. The van der Waals surface area contributed by atoms with E-state index >= 15 is 0 Å². The molecule has 0 atom stereocenters. The molecule has 0 unspecified atom stereocenters. The van der Waals surface area contributed by atoms with Gasteiger partial charge in [0.15, 0.2) is 0 Å². The Morgan fingerprint density at radius 2 is 2.06 bits per heavy atom. The van der Waals surface area contributed by atoms with Crippen molar-refractivity contribution in [3.05, 3.63) is 23.8 Å². The lowest BCUT2D eigenvalue weighted by Crippen LogP contribution is -2.39. The highest BCUT2D eigenvalue weighted by Crippen LogP contribution is 2.23. The number of hydrogen-bond acceptors (Lipinski definition) is 3. The smallest absolute Gasteiger partial charge is 0.328 e. The number of ether oxygens (including phenoxy) is 1. The van der Waals surface area contributed by atoms with E-state index in [0.717, 1.165) is 17.0 Å². The van der Waals surface area contributed by atoms with E-state index < -0.39 is 11.5 Å². The van der Waals surface area contributed by atoms with Gasteiger partial charge in [0.2, 0.25) is 0 Å². The molecule has 0 aliphatic heterocycles. The van der Waals surface area contributed by atoms with Crippen LogP contribution in [0.25, 0.3) is 0 Å². The summed E-state index contributed by atoms with van der Waals surface area (Å²) in [6.07, 6.45) is 0. The summed E-state index contributed by atoms with van der Waals surface area (Å²) in [6, 6.07) is 5.48. The summed E-state index contributed by atoms with van der Waals surface area (Å²) in [5.41, 5.74) is 0.750. The molecule has 0 heterocycles. The van der Waals surface area contributed by atoms with Crippen LogP contribution in [0.4, 0.5) is 5.69 Å². The van der Waals surface area contributed by atoms with Crippen molar-refractivity contribution in [2.24, 2.45) is 0 Å². The van der Waals surface area contributed by atoms with E-state index in [0.29, 0.717) is 0 Å². The van der Waals surface area contributed by atoms with Crippen LogP contribution in [0.15, 0.2) is 18.2 Å². The van der Waals surface area contributed by atoms with E-state index in [2.05, 4.69) is 5.32 Å². The largest absolute Gasteiger partial charge is 0.496 e. The summed E-state index contributed by atoms with van der Waals surface area (Å²) >= 11 is 0. The number of rotatable bonds is 4. The lowest BCUT2D eigenvalue weighted by Gasteiger charge is -2.22. The highest BCUT2D eigenvalue weighted by atomic mass is 16.5. The Hall–Kier alpha value is -1.71. The van der Waals surface area contributed by atoms with Crippen LogP contribution in [0.1, 0.15) is 19.4 Å². The summed E-state index contributed by atoms with van der Waals surface area (Å²) in [6.45, 7) is 5.15. The van der Waals surface area contributed by atoms with Crippen LogP contribution in [-0.2, 0) is 4.79 Å². The van der Waals surface area contributed by atoms with Crippen LogP contribution in [0.2, 0.25) is 0 Å². The van der Waals surface area contributed by atoms with E-state index in [-0.39, 0.29) is 0 Å². The van der Waals surface area contributed by atoms with Crippen LogP contribution in [0, 0.1) is 6.92 Å². The summed E-state index contributed by atoms with van der Waals surface area (Å²) in [7, 11) is 1.61. The maximum Gasteiger partial charge on any atom is 0.328 e. The number of carbonyl (C=O) groups is 1. The Balaban J connectivity index is 2.91. The first kappa shape index (κ1) is 12.4. The van der Waals surface area contributed by atoms with Gasteiger partial charge in [-0.1, -0.05) is 0 Å². The van der Waals surface area contributed by atoms with Gasteiger partial charge in [-0.2, -0.15) is 0 Å². The lowest BCUT2D eigenvalue weighted by molar-refractivity contribution is -0.141. The quantitative estimate of drug-likeness (QED) is 0.822. The molecule has 1 rings (SSSR count). The Bertz CT molecular complexity index is 399. The van der Waals surface area contributed by atoms with Crippen LogP contribution >= 0.6 is 0 Å². The van der Waals surface area contributed by atoms with Gasteiger partial charge in [0, 0.05) is 5.69 Å². The first-order valence-electron chi connectivity index (χ1n) is 5.03. The number of nitrogens with one attached hydrogen (secondary N) is 1. The first-order valence-corrected chi connectivity index (χ1v) is 5.03. The van der Waals surface area contributed by atoms with Gasteiger partial charge in [-0.15, -0.1) is 0 Å². The second kappa shape index (κ2) is 4.43. The molecule has 0 aliphatic rings. The number of anilines is 1. The molecule has 4 nitrogen and oxygen atoms in total. The SMILES string of the molecule is COc1ccc(NC(C)(C)C(=O)O)cc1C. The number of aliphatic carboxylic acids is 1. The lowest BCUT2D eigenvalue weighted by atomic mass is 10.1. The number of hydrogen-bond donors (Lipinski definition) is 2. The molecule has 0 bridgehead atoms. The summed E-state index contributed by atoms with van der Waals surface area (Å²) in [5.74, 6) is -0.0975. The number of carboxylic acid groups (broad SMARTS) is 1. The molecule has 1 aromatic rings. The fraction of sp³-hybridized carbons (Fsp3) is 0.417. The minimum Gasteiger partial charge on any atom is -0.496 e. The second-order valence-corrected chi connectivity index (χ2v) is 4.24. The molecule has 1 aromatic carbocycles. The predicted molar refractivity (Wildman–Crippen MR) is 63.1 cm³/mol. The molecule has 0 fully saturated rings. The van der Waals surface area contributed by atoms with Crippen molar-refractivity contribution in [1.82, 2.24) is 0 Å². The van der Waals surface area contributed by atoms with E-state index in [1.54, 1.807) is 27.0 Å². The maximum absolute atomic E-state index is 10.9. The fourth-order valence-corrected chi connectivity index (χ4v) is 1.37. The normalized spacial score (nSPS) is 11.0. The Morgan fingerprint density at radius 3 is 2.50 bits per heavy atom. The summed E-state index contributed by atoms with van der Waals surface area (Å²) in [4.78, 5) is 10.9. The van der Waals surface area contributed by atoms with Gasteiger partial charge in [0.25, 0.3) is 0 Å². The van der Waals surface area contributed by atoms with E-state index in [9.17, 15) is 4.79 Å². The average Bonchev–Trinajstić information content (AvgIpc) is 2.17. The second-order valence-electron chi connectivity index (χ2n) is 4.24. The third-order valence-corrected chi connectivity index (χ3v) is 2.39. The van der Waals surface area contributed by atoms with Gasteiger partial charge in [-0.3, -0.25) is 0 Å². The fourth-order valence-electron chi connectivity index (χ4n) is 1.37. The molecular weight excluding hydrogens is 206 g/mol. The monoisotopic (exact) mass is 223 g/mol. The zero-order chi connectivity index (χ0) is 12.3. The third kappa shape index (κ3) is 2.66. The molecule has 88 valence electrons. The van der Waals surface area contributed by atoms with Crippen LogP contribution < -0.4 is 10.1 Å². The molecular formula is C12H17NO3. The standard InChI is InChI=1S/C12H17NO3/c1-8-7-9(5-6-10(8)16-4)13-12(2,3)11(14)15/h5-7,13H,1-4H3,(H,14,15). The van der Waals surface area contributed by atoms with E-state index in [4.69, 9.17) is 9.84 Å². The van der Waals surface area contributed by atoms with Crippen molar-refractivity contribution < 1.29 is 14.6 Å². The van der Waals surface area contributed by atoms with Gasteiger partial charge in [0.05, 0.1) is 7.11 Å². The van der Waals surface area contributed by atoms with Gasteiger partial charge in [-0.25, -0.2) is 4.79 Å². The molecule has 0 saturated heterocycles. The Morgan fingerprint density at radius 1 is 1.44 bits per heavy atom. The van der Waals surface area contributed by atoms with Crippen molar-refractivity contribution in [3.8, 4) is 5.75 Å². The van der Waals surface area contributed by atoms with Gasteiger partial charge in [0.1, 0.15) is 11.3 Å². The van der Waals surface area contributed by atoms with E-state index in [1.807, 2.05) is 19.1 Å². The minimum atomic E-state index is -0.985. The Labute approximate surface area is 95.2 Å². The summed E-state index contributed by atoms with van der Waals surface area (Å²) in [5, 5.41) is 11.9. The molecule has 0 amide bonds. The molecule has 2 N–H and O–H groups in total. The minimum absolute atomic E-state index is 0.769.